The standard InChI is InChI=1S/C41H62F2N2O2/c1-10-47-37(29-45-9)26-30(2)13-16-34(21-25-44-8)32(4)39(27-33-14-17-36(42)18-15-33)38(35-19-23-41(7,43)24-20-35)12-11-22-40(5,6)28-31(3)46/h12,14-15,17-18,26,29,34-35,44,46H,3,9-11,13,16,19-25,27-28H2,1-2,4-8H3/b30-26-,37-29+,38-12+,39-32+. The molecule has 1 atom stereocenters. The van der Waals surface area contributed by atoms with Crippen molar-refractivity contribution in [3.05, 3.63) is 94.4 Å². The van der Waals surface area contributed by atoms with Gasteiger partial charge in [0.15, 0.2) is 0 Å². The van der Waals surface area contributed by atoms with Gasteiger partial charge in [-0.05, 0) is 164 Å². The smallest absolute Gasteiger partial charge is 0.137 e. The highest BCUT2D eigenvalue weighted by atomic mass is 19.1. The molecule has 2 N–H and O–H groups in total. The molecule has 0 spiro atoms. The molecule has 1 fully saturated rings. The third kappa shape index (κ3) is 14.8. The van der Waals surface area contributed by atoms with E-state index in [1.54, 1.807) is 25.3 Å². The summed E-state index contributed by atoms with van der Waals surface area (Å²) in [5, 5.41) is 13.3. The number of aliphatic hydroxyl groups is 1. The number of allylic oxidation sites excluding steroid dienone is 7. The van der Waals surface area contributed by atoms with Crippen molar-refractivity contribution in [3.63, 3.8) is 0 Å². The van der Waals surface area contributed by atoms with Crippen LogP contribution in [0, 0.1) is 23.1 Å². The molecule has 6 heteroatoms. The summed E-state index contributed by atoms with van der Waals surface area (Å²) in [7, 11) is 1.99. The number of aliphatic hydroxyl groups excluding tert-OH is 1. The molecule has 0 heterocycles. The Morgan fingerprint density at radius 1 is 1.19 bits per heavy atom. The lowest BCUT2D eigenvalue weighted by Gasteiger charge is -2.35. The highest BCUT2D eigenvalue weighted by Gasteiger charge is 2.34. The van der Waals surface area contributed by atoms with E-state index in [4.69, 9.17) is 4.74 Å². The molecule has 4 nitrogen and oxygen atoms in total. The van der Waals surface area contributed by atoms with Crippen LogP contribution >= 0.6 is 0 Å². The number of hydrogen-bond acceptors (Lipinski definition) is 4. The fourth-order valence-electron chi connectivity index (χ4n) is 6.83. The van der Waals surface area contributed by atoms with E-state index in [2.05, 4.69) is 63.5 Å². The summed E-state index contributed by atoms with van der Waals surface area (Å²) >= 11 is 0. The van der Waals surface area contributed by atoms with E-state index in [0.29, 0.717) is 44.0 Å². The minimum Gasteiger partial charge on any atom is -0.513 e. The molecule has 0 amide bonds. The van der Waals surface area contributed by atoms with Gasteiger partial charge in [0.05, 0.1) is 18.6 Å². The van der Waals surface area contributed by atoms with Gasteiger partial charge in [0.1, 0.15) is 17.2 Å². The average molecular weight is 653 g/mol. The van der Waals surface area contributed by atoms with E-state index >= 15 is 4.39 Å². The third-order valence-electron chi connectivity index (χ3n) is 9.62. The lowest BCUT2D eigenvalue weighted by molar-refractivity contribution is 0.112. The molecule has 2 rings (SSSR count). The molecular formula is C41H62F2N2O2. The number of nitrogens with zero attached hydrogens (tertiary/aromatic N) is 1. The van der Waals surface area contributed by atoms with Gasteiger partial charge in [-0.2, -0.15) is 0 Å². The van der Waals surface area contributed by atoms with Crippen LogP contribution in [0.5, 0.6) is 0 Å². The molecule has 1 aliphatic rings. The van der Waals surface area contributed by atoms with Gasteiger partial charge in [0, 0.05) is 6.42 Å². The summed E-state index contributed by atoms with van der Waals surface area (Å²) in [6, 6.07) is 6.86. The topological polar surface area (TPSA) is 53.9 Å². The molecule has 262 valence electrons. The van der Waals surface area contributed by atoms with Gasteiger partial charge in [0.25, 0.3) is 0 Å². The van der Waals surface area contributed by atoms with Gasteiger partial charge >= 0.3 is 0 Å². The largest absolute Gasteiger partial charge is 0.513 e. The van der Waals surface area contributed by atoms with Crippen LogP contribution in [0.15, 0.2) is 88.0 Å². The molecular weight excluding hydrogens is 590 g/mol. The van der Waals surface area contributed by atoms with Gasteiger partial charge in [-0.25, -0.2) is 8.78 Å². The summed E-state index contributed by atoms with van der Waals surface area (Å²) < 4.78 is 34.8. The van der Waals surface area contributed by atoms with E-state index in [9.17, 15) is 9.50 Å². The van der Waals surface area contributed by atoms with E-state index in [1.807, 2.05) is 26.1 Å². The molecule has 1 unspecified atom stereocenters. The highest BCUT2D eigenvalue weighted by Crippen LogP contribution is 2.43. The lowest BCUT2D eigenvalue weighted by Crippen LogP contribution is -2.28. The number of aliphatic imine (C=N–C) groups is 1. The Labute approximate surface area is 284 Å². The minimum atomic E-state index is -1.13. The lowest BCUT2D eigenvalue weighted by atomic mass is 9.72. The first-order chi connectivity index (χ1) is 22.2. The second-order valence-electron chi connectivity index (χ2n) is 14.5. The Morgan fingerprint density at radius 2 is 1.85 bits per heavy atom. The zero-order valence-corrected chi connectivity index (χ0v) is 30.4. The first kappa shape index (κ1) is 40.2. The number of rotatable bonds is 20. The van der Waals surface area contributed by atoms with Gasteiger partial charge in [-0.1, -0.05) is 49.8 Å². The predicted octanol–water partition coefficient (Wildman–Crippen LogP) is 11.3. The van der Waals surface area contributed by atoms with Crippen molar-refractivity contribution < 1.29 is 18.6 Å². The van der Waals surface area contributed by atoms with Crippen molar-refractivity contribution in [3.8, 4) is 0 Å². The molecule has 0 aliphatic heterocycles. The first-order valence-electron chi connectivity index (χ1n) is 17.5. The van der Waals surface area contributed by atoms with Crippen molar-refractivity contribution in [1.29, 1.82) is 0 Å². The van der Waals surface area contributed by atoms with Crippen molar-refractivity contribution in [1.82, 2.24) is 5.32 Å². The highest BCUT2D eigenvalue weighted by molar-refractivity contribution is 5.42. The molecule has 1 saturated carbocycles. The summed E-state index contributed by atoms with van der Waals surface area (Å²) in [6.07, 6.45) is 14.7. The number of halogens is 2. The fraction of sp³-hybridized carbons (Fsp3) is 0.585. The second-order valence-corrected chi connectivity index (χ2v) is 14.5. The van der Waals surface area contributed by atoms with Gasteiger partial charge in [-0.15, -0.1) is 0 Å². The van der Waals surface area contributed by atoms with Crippen LogP contribution < -0.4 is 5.32 Å². The van der Waals surface area contributed by atoms with Crippen LogP contribution in [0.25, 0.3) is 0 Å². The molecule has 0 aromatic heterocycles. The van der Waals surface area contributed by atoms with E-state index < -0.39 is 5.67 Å². The summed E-state index contributed by atoms with van der Waals surface area (Å²) in [6.45, 7) is 21.2. The van der Waals surface area contributed by atoms with Crippen LogP contribution in [0.3, 0.4) is 0 Å². The van der Waals surface area contributed by atoms with Gasteiger partial charge in [0.2, 0.25) is 0 Å². The molecule has 1 aliphatic carbocycles. The molecule has 0 radical (unpaired) electrons. The Bertz CT molecular complexity index is 1260. The van der Waals surface area contributed by atoms with Crippen LogP contribution in [-0.2, 0) is 11.2 Å². The second kappa shape index (κ2) is 19.7. The van der Waals surface area contributed by atoms with E-state index in [-0.39, 0.29) is 22.9 Å². The normalized spacial score (nSPS) is 20.9. The minimum absolute atomic E-state index is 0.0947. The maximum absolute atomic E-state index is 15.1. The number of benzene rings is 1. The number of ether oxygens (including phenoxy) is 1. The van der Waals surface area contributed by atoms with Crippen molar-refractivity contribution in [2.45, 2.75) is 118 Å². The SMILES string of the molecule is C=N/C=C(\C=C(\C)CCC(CCNC)/C(C)=C(Cc1ccc(F)cc1)/C(=C/CCC(C)(C)CC(=C)O)C1CCC(C)(F)CC1)OCC. The fourth-order valence-corrected chi connectivity index (χ4v) is 6.83. The number of nitrogens with one attached hydrogen (secondary N) is 1. The summed E-state index contributed by atoms with van der Waals surface area (Å²) in [5.41, 5.74) is 5.05. The molecule has 47 heavy (non-hydrogen) atoms. The zero-order chi connectivity index (χ0) is 35.0. The van der Waals surface area contributed by atoms with Gasteiger partial charge < -0.3 is 15.2 Å². The van der Waals surface area contributed by atoms with Crippen molar-refractivity contribution in [2.75, 3.05) is 20.2 Å². The van der Waals surface area contributed by atoms with Crippen LogP contribution in [0.4, 0.5) is 8.78 Å². The van der Waals surface area contributed by atoms with Crippen molar-refractivity contribution in [2.24, 2.45) is 22.2 Å². The zero-order valence-electron chi connectivity index (χ0n) is 30.4. The van der Waals surface area contributed by atoms with Crippen LogP contribution in [-0.4, -0.2) is 37.7 Å². The third-order valence-corrected chi connectivity index (χ3v) is 9.62. The Balaban J connectivity index is 2.62. The quantitative estimate of drug-likeness (QED) is 0.0837. The van der Waals surface area contributed by atoms with Crippen LogP contribution in [0.2, 0.25) is 0 Å². The van der Waals surface area contributed by atoms with Gasteiger partial charge in [-0.3, -0.25) is 4.99 Å². The average Bonchev–Trinajstić information content (AvgIpc) is 2.99. The van der Waals surface area contributed by atoms with E-state index in [1.165, 1.54) is 22.3 Å². The molecule has 1 aromatic rings. The Morgan fingerprint density at radius 3 is 2.43 bits per heavy atom. The van der Waals surface area contributed by atoms with Crippen LogP contribution in [0.1, 0.15) is 111 Å². The predicted molar refractivity (Wildman–Crippen MR) is 196 cm³/mol. The molecule has 1 aromatic carbocycles. The molecule has 0 saturated heterocycles. The van der Waals surface area contributed by atoms with E-state index in [0.717, 1.165) is 57.1 Å². The summed E-state index contributed by atoms with van der Waals surface area (Å²) in [4.78, 5) is 3.90. The van der Waals surface area contributed by atoms with Crippen molar-refractivity contribution >= 4 is 6.72 Å². The summed E-state index contributed by atoms with van der Waals surface area (Å²) in [5.74, 6) is 1.26. The Kier molecular flexibility index (Phi) is 16.9. The Hall–Kier alpha value is -2.99. The molecule has 0 bridgehead atoms. The maximum atomic E-state index is 15.1. The number of hydrogen-bond donors (Lipinski definition) is 2. The first-order valence-corrected chi connectivity index (χ1v) is 17.5. The number of alkyl halides is 1. The maximum Gasteiger partial charge on any atom is 0.137 e. The monoisotopic (exact) mass is 652 g/mol.